The first-order valence-corrected chi connectivity index (χ1v) is 13.2. The number of fused-ring (bicyclic) bond motifs is 5. The molecule has 0 spiro atoms. The molecule has 0 N–H and O–H groups in total. The van der Waals surface area contributed by atoms with Crippen LogP contribution in [-0.4, -0.2) is 45.6 Å². The lowest BCUT2D eigenvalue weighted by molar-refractivity contribution is 0.169. The predicted octanol–water partition coefficient (Wildman–Crippen LogP) is 4.33. The van der Waals surface area contributed by atoms with Gasteiger partial charge >= 0.3 is 0 Å². The van der Waals surface area contributed by atoms with Crippen LogP contribution in [-0.2, 0) is 22.5 Å². The summed E-state index contributed by atoms with van der Waals surface area (Å²) in [6.45, 7) is 8.37. The maximum atomic E-state index is 14.5. The zero-order valence-electron chi connectivity index (χ0n) is 20.5. The number of nitrogens with zero attached hydrogens (tertiary/aromatic N) is 5. The maximum absolute atomic E-state index is 14.5. The Balaban J connectivity index is 1.60. The number of imidazole rings is 1. The van der Waals surface area contributed by atoms with Crippen LogP contribution in [0.4, 0.5) is 8.78 Å². The Morgan fingerprint density at radius 3 is 2.49 bits per heavy atom. The molecule has 5 rings (SSSR count). The highest BCUT2D eigenvalue weighted by molar-refractivity contribution is 7.89. The highest BCUT2D eigenvalue weighted by atomic mass is 32.2. The van der Waals surface area contributed by atoms with Crippen molar-refractivity contribution in [2.24, 2.45) is 12.5 Å². The van der Waals surface area contributed by atoms with Gasteiger partial charge in [0.05, 0.1) is 23.1 Å². The molecular weight excluding hydrogens is 472 g/mol. The summed E-state index contributed by atoms with van der Waals surface area (Å²) in [7, 11) is -2.12. The Morgan fingerprint density at radius 1 is 1.20 bits per heavy atom. The summed E-state index contributed by atoms with van der Waals surface area (Å²) >= 11 is 0. The molecule has 1 fully saturated rings. The number of benzene rings is 1. The number of rotatable bonds is 6. The van der Waals surface area contributed by atoms with E-state index in [1.807, 2.05) is 6.92 Å². The number of likely N-dealkylation sites (N-methyl/N-ethyl adjacent to an activating group) is 1. The van der Waals surface area contributed by atoms with Crippen LogP contribution >= 0.6 is 0 Å². The van der Waals surface area contributed by atoms with Crippen molar-refractivity contribution in [3.05, 3.63) is 59.2 Å². The van der Waals surface area contributed by atoms with E-state index in [1.54, 1.807) is 24.6 Å². The van der Waals surface area contributed by atoms with E-state index in [4.69, 9.17) is 0 Å². The van der Waals surface area contributed by atoms with E-state index in [2.05, 4.69) is 29.0 Å². The van der Waals surface area contributed by atoms with Gasteiger partial charge in [0.2, 0.25) is 0 Å². The van der Waals surface area contributed by atoms with E-state index in [0.717, 1.165) is 24.1 Å². The van der Waals surface area contributed by atoms with Gasteiger partial charge in [0.1, 0.15) is 17.5 Å². The molecule has 2 aromatic heterocycles. The molecule has 1 saturated carbocycles. The normalized spacial score (nSPS) is 22.7. The first kappa shape index (κ1) is 24.0. The average molecular weight is 502 g/mol. The van der Waals surface area contributed by atoms with Crippen molar-refractivity contribution in [3.8, 4) is 11.3 Å². The van der Waals surface area contributed by atoms with Crippen LogP contribution in [0.5, 0.6) is 0 Å². The fourth-order valence-electron chi connectivity index (χ4n) is 6.16. The van der Waals surface area contributed by atoms with Crippen LogP contribution in [0.1, 0.15) is 56.6 Å². The van der Waals surface area contributed by atoms with Gasteiger partial charge in [-0.05, 0) is 54.9 Å². The first-order chi connectivity index (χ1) is 16.5. The summed E-state index contributed by atoms with van der Waals surface area (Å²) in [4.78, 5) is 4.17. The second kappa shape index (κ2) is 7.89. The molecule has 0 unspecified atom stereocenters. The molecule has 2 atom stereocenters. The largest absolute Gasteiger partial charge is 0.321 e. The summed E-state index contributed by atoms with van der Waals surface area (Å²) in [5.41, 5.74) is 0.711. The van der Waals surface area contributed by atoms with E-state index in [9.17, 15) is 17.2 Å². The van der Waals surface area contributed by atoms with Gasteiger partial charge in [0.25, 0.3) is 10.0 Å². The fourth-order valence-corrected chi connectivity index (χ4v) is 7.82. The van der Waals surface area contributed by atoms with E-state index in [0.29, 0.717) is 5.82 Å². The van der Waals surface area contributed by atoms with Gasteiger partial charge < -0.3 is 4.57 Å². The molecule has 2 bridgehead atoms. The summed E-state index contributed by atoms with van der Waals surface area (Å²) in [5, 5.41) is 8.89. The lowest BCUT2D eigenvalue weighted by Gasteiger charge is -2.41. The van der Waals surface area contributed by atoms with Crippen molar-refractivity contribution in [2.45, 2.75) is 56.9 Å². The molecule has 0 aliphatic heterocycles. The number of aromatic nitrogens is 4. The van der Waals surface area contributed by atoms with Crippen LogP contribution in [0.15, 0.2) is 35.5 Å². The summed E-state index contributed by atoms with van der Waals surface area (Å²) in [5.74, 6) is -0.678. The van der Waals surface area contributed by atoms with Gasteiger partial charge in [-0.15, -0.1) is 0 Å². The van der Waals surface area contributed by atoms with Crippen LogP contribution < -0.4 is 0 Å². The van der Waals surface area contributed by atoms with Gasteiger partial charge in [-0.3, -0.25) is 0 Å². The van der Waals surface area contributed by atoms with Crippen molar-refractivity contribution in [3.63, 3.8) is 0 Å². The third-order valence-electron chi connectivity index (χ3n) is 8.42. The predicted molar refractivity (Wildman–Crippen MR) is 127 cm³/mol. The zero-order chi connectivity index (χ0) is 25.3. The minimum atomic E-state index is -3.81. The Bertz CT molecular complexity index is 1420. The lowest BCUT2D eigenvalue weighted by atomic mass is 9.68. The molecule has 0 saturated heterocycles. The molecule has 2 aliphatic carbocycles. The summed E-state index contributed by atoms with van der Waals surface area (Å²) < 4.78 is 59.3. The molecule has 2 aliphatic rings. The quantitative estimate of drug-likeness (QED) is 0.502. The third-order valence-corrected chi connectivity index (χ3v) is 10.4. The van der Waals surface area contributed by atoms with Gasteiger partial charge in [-0.25, -0.2) is 22.2 Å². The molecule has 10 heteroatoms. The number of hydrogen-bond donors (Lipinski definition) is 0. The lowest BCUT2D eigenvalue weighted by Crippen LogP contribution is -2.48. The molecule has 2 heterocycles. The molecule has 0 amide bonds. The highest BCUT2D eigenvalue weighted by Gasteiger charge is 2.64. The summed E-state index contributed by atoms with van der Waals surface area (Å²) in [6, 6.07) is 5.47. The van der Waals surface area contributed by atoms with Gasteiger partial charge in [0, 0.05) is 25.6 Å². The van der Waals surface area contributed by atoms with Crippen molar-refractivity contribution in [2.75, 3.05) is 13.1 Å². The molecule has 1 aromatic carbocycles. The van der Waals surface area contributed by atoms with E-state index >= 15 is 0 Å². The van der Waals surface area contributed by atoms with Crippen LogP contribution in [0.3, 0.4) is 0 Å². The van der Waals surface area contributed by atoms with Crippen LogP contribution in [0.2, 0.25) is 0 Å². The van der Waals surface area contributed by atoms with Crippen molar-refractivity contribution in [1.29, 1.82) is 0 Å². The van der Waals surface area contributed by atoms with Crippen LogP contribution in [0, 0.1) is 24.0 Å². The minimum absolute atomic E-state index is 0.0851. The zero-order valence-corrected chi connectivity index (χ0v) is 21.3. The van der Waals surface area contributed by atoms with Crippen LogP contribution in [0.25, 0.3) is 11.3 Å². The SMILES string of the molecule is CCN(C[C@@]12CC[C@@H](c3cc(-c4c(F)cccc4F)nnc31)C2(C)C)S(=O)(=O)c1cnc(C)n1C. The second-order valence-electron chi connectivity index (χ2n) is 10.2. The minimum Gasteiger partial charge on any atom is -0.321 e. The van der Waals surface area contributed by atoms with E-state index < -0.39 is 27.1 Å². The summed E-state index contributed by atoms with van der Waals surface area (Å²) in [6.07, 6.45) is 2.99. The van der Waals surface area contributed by atoms with E-state index in [-0.39, 0.29) is 40.7 Å². The van der Waals surface area contributed by atoms with Gasteiger partial charge in [-0.2, -0.15) is 14.5 Å². The number of aryl methyl sites for hydroxylation is 1. The number of hydrogen-bond acceptors (Lipinski definition) is 5. The van der Waals surface area contributed by atoms with Crippen molar-refractivity contribution < 1.29 is 17.2 Å². The fraction of sp³-hybridized carbons (Fsp3) is 0.480. The third kappa shape index (κ3) is 3.22. The number of sulfonamides is 1. The Kier molecular flexibility index (Phi) is 5.41. The van der Waals surface area contributed by atoms with Gasteiger partial charge in [-0.1, -0.05) is 26.8 Å². The molecule has 3 aromatic rings. The van der Waals surface area contributed by atoms with Gasteiger partial charge in [0.15, 0.2) is 5.03 Å². The second-order valence-corrected chi connectivity index (χ2v) is 12.0. The van der Waals surface area contributed by atoms with Crippen molar-refractivity contribution in [1.82, 2.24) is 24.1 Å². The molecule has 0 radical (unpaired) electrons. The molecule has 186 valence electrons. The maximum Gasteiger partial charge on any atom is 0.260 e. The smallest absolute Gasteiger partial charge is 0.260 e. The monoisotopic (exact) mass is 501 g/mol. The molecule has 7 nitrogen and oxygen atoms in total. The standard InChI is InChI=1S/C25H29F2N5O2S/c1-6-32(35(33,34)21-13-28-15(2)31(21)5)14-25-11-10-17(24(25,3)4)16-12-20(29-30-23(16)25)22-18(26)8-7-9-19(22)27/h7-9,12-13,17H,6,10-11,14H2,1-5H3/t17-,25-/m0/s1. The van der Waals surface area contributed by atoms with Crippen molar-refractivity contribution >= 4 is 10.0 Å². The Labute approximate surface area is 204 Å². The average Bonchev–Trinajstić information content (AvgIpc) is 3.34. The highest BCUT2D eigenvalue weighted by Crippen LogP contribution is 2.67. The number of halogens is 2. The van der Waals surface area contributed by atoms with E-state index in [1.165, 1.54) is 28.7 Å². The Morgan fingerprint density at radius 2 is 1.89 bits per heavy atom. The Hall–Kier alpha value is -2.72. The molecular formula is C25H29F2N5O2S. The topological polar surface area (TPSA) is 81.0 Å². The first-order valence-electron chi connectivity index (χ1n) is 11.8. The molecule has 35 heavy (non-hydrogen) atoms.